The summed E-state index contributed by atoms with van der Waals surface area (Å²) in [4.78, 5) is 12.4. The van der Waals surface area contributed by atoms with Crippen molar-refractivity contribution in [1.82, 2.24) is 10.6 Å². The molecule has 0 spiro atoms. The number of hydrogen-bond donors (Lipinski definition) is 2. The highest BCUT2D eigenvalue weighted by atomic mass is 16.2. The van der Waals surface area contributed by atoms with E-state index in [9.17, 15) is 4.79 Å². The van der Waals surface area contributed by atoms with Crippen LogP contribution >= 0.6 is 0 Å². The number of rotatable bonds is 4. The molecule has 2 aliphatic rings. The summed E-state index contributed by atoms with van der Waals surface area (Å²) in [6.45, 7) is 6.15. The van der Waals surface area contributed by atoms with Crippen molar-refractivity contribution in [2.24, 2.45) is 11.3 Å². The summed E-state index contributed by atoms with van der Waals surface area (Å²) < 4.78 is 0. The van der Waals surface area contributed by atoms with Crippen LogP contribution in [0.25, 0.3) is 0 Å². The Bertz CT molecular complexity index is 265. The molecule has 1 saturated carbocycles. The van der Waals surface area contributed by atoms with E-state index in [4.69, 9.17) is 0 Å². The van der Waals surface area contributed by atoms with Gasteiger partial charge < -0.3 is 10.6 Å². The predicted molar refractivity (Wildman–Crippen MR) is 69.8 cm³/mol. The van der Waals surface area contributed by atoms with E-state index in [2.05, 4.69) is 24.5 Å². The van der Waals surface area contributed by atoms with Crippen molar-refractivity contribution in [1.29, 1.82) is 0 Å². The Balaban J connectivity index is 1.90. The fraction of sp³-hybridized carbons (Fsp3) is 0.929. The molecular formula is C14H26N2O. The first-order chi connectivity index (χ1) is 8.18. The monoisotopic (exact) mass is 238 g/mol. The minimum atomic E-state index is -0.132. The maximum absolute atomic E-state index is 12.4. The number of carbonyl (C=O) groups is 1. The number of nitrogens with one attached hydrogen (secondary N) is 2. The molecule has 2 atom stereocenters. The lowest BCUT2D eigenvalue weighted by Crippen LogP contribution is -2.47. The third kappa shape index (κ3) is 2.65. The van der Waals surface area contributed by atoms with Gasteiger partial charge in [-0.1, -0.05) is 19.8 Å². The molecule has 2 N–H and O–H groups in total. The molecule has 1 saturated heterocycles. The molecule has 1 heterocycles. The van der Waals surface area contributed by atoms with Crippen molar-refractivity contribution in [3.63, 3.8) is 0 Å². The smallest absolute Gasteiger partial charge is 0.227 e. The predicted octanol–water partition coefficient (Wildman–Crippen LogP) is 2.07. The number of hydrogen-bond acceptors (Lipinski definition) is 2. The van der Waals surface area contributed by atoms with E-state index in [1.54, 1.807) is 0 Å². The molecule has 17 heavy (non-hydrogen) atoms. The number of amides is 1. The van der Waals surface area contributed by atoms with Crippen LogP contribution in [0.3, 0.4) is 0 Å². The van der Waals surface area contributed by atoms with Gasteiger partial charge >= 0.3 is 0 Å². The number of carbonyl (C=O) groups excluding carboxylic acids is 1. The summed E-state index contributed by atoms with van der Waals surface area (Å²) in [5.74, 6) is 0.992. The minimum absolute atomic E-state index is 0.132. The summed E-state index contributed by atoms with van der Waals surface area (Å²) in [6.07, 6.45) is 7.20. The fourth-order valence-electron chi connectivity index (χ4n) is 3.33. The highest BCUT2D eigenvalue weighted by molar-refractivity contribution is 5.83. The van der Waals surface area contributed by atoms with Crippen molar-refractivity contribution in [2.75, 3.05) is 13.1 Å². The van der Waals surface area contributed by atoms with Crippen LogP contribution in [0.1, 0.15) is 52.4 Å². The summed E-state index contributed by atoms with van der Waals surface area (Å²) in [6, 6.07) is 0.356. The molecule has 2 fully saturated rings. The maximum Gasteiger partial charge on any atom is 0.227 e. The van der Waals surface area contributed by atoms with Crippen LogP contribution in [-0.4, -0.2) is 25.0 Å². The van der Waals surface area contributed by atoms with Gasteiger partial charge in [-0.2, -0.15) is 0 Å². The second-order valence-corrected chi connectivity index (χ2v) is 5.87. The molecule has 0 radical (unpaired) electrons. The molecular weight excluding hydrogens is 212 g/mol. The normalized spacial score (nSPS) is 31.6. The molecule has 0 aromatic rings. The van der Waals surface area contributed by atoms with Gasteiger partial charge in [0, 0.05) is 12.6 Å². The first-order valence-corrected chi connectivity index (χ1v) is 7.19. The summed E-state index contributed by atoms with van der Waals surface area (Å²) in [7, 11) is 0. The van der Waals surface area contributed by atoms with Gasteiger partial charge in [0.05, 0.1) is 5.41 Å². The van der Waals surface area contributed by atoms with Crippen LogP contribution in [0.2, 0.25) is 0 Å². The zero-order chi connectivity index (χ0) is 12.3. The van der Waals surface area contributed by atoms with Crippen LogP contribution in [-0.2, 0) is 4.79 Å². The minimum Gasteiger partial charge on any atom is -0.353 e. The van der Waals surface area contributed by atoms with E-state index in [0.29, 0.717) is 12.0 Å². The topological polar surface area (TPSA) is 41.1 Å². The van der Waals surface area contributed by atoms with E-state index in [0.717, 1.165) is 25.9 Å². The molecule has 98 valence electrons. The average Bonchev–Trinajstić information content (AvgIpc) is 3.01. The molecule has 0 aromatic carbocycles. The van der Waals surface area contributed by atoms with Crippen molar-refractivity contribution in [3.8, 4) is 0 Å². The Morgan fingerprint density at radius 2 is 2.18 bits per heavy atom. The van der Waals surface area contributed by atoms with Gasteiger partial charge in [0.15, 0.2) is 0 Å². The lowest BCUT2D eigenvalue weighted by Gasteiger charge is -2.29. The van der Waals surface area contributed by atoms with Gasteiger partial charge in [-0.05, 0) is 45.1 Å². The third-order valence-corrected chi connectivity index (χ3v) is 4.87. The molecule has 0 bridgehead atoms. The van der Waals surface area contributed by atoms with Crippen molar-refractivity contribution in [2.45, 2.75) is 58.4 Å². The van der Waals surface area contributed by atoms with E-state index < -0.39 is 0 Å². The lowest BCUT2D eigenvalue weighted by atomic mass is 9.82. The first kappa shape index (κ1) is 12.9. The SMILES string of the molecule is CCC1(C(=O)N[C@H](C)C2CCCC2)CCNC1. The maximum atomic E-state index is 12.4. The molecule has 3 nitrogen and oxygen atoms in total. The molecule has 1 unspecified atom stereocenters. The summed E-state index contributed by atoms with van der Waals surface area (Å²) in [5.41, 5.74) is -0.132. The van der Waals surface area contributed by atoms with Crippen molar-refractivity contribution >= 4 is 5.91 Å². The van der Waals surface area contributed by atoms with Crippen LogP contribution in [0, 0.1) is 11.3 Å². The Labute approximate surface area is 105 Å². The van der Waals surface area contributed by atoms with E-state index >= 15 is 0 Å². The highest BCUT2D eigenvalue weighted by Gasteiger charge is 2.40. The highest BCUT2D eigenvalue weighted by Crippen LogP contribution is 2.32. The molecule has 1 amide bonds. The molecule has 2 rings (SSSR count). The first-order valence-electron chi connectivity index (χ1n) is 7.19. The van der Waals surface area contributed by atoms with E-state index in [1.807, 2.05) is 0 Å². The van der Waals surface area contributed by atoms with Gasteiger partial charge in [-0.15, -0.1) is 0 Å². The van der Waals surface area contributed by atoms with Gasteiger partial charge in [-0.25, -0.2) is 0 Å². The van der Waals surface area contributed by atoms with E-state index in [-0.39, 0.29) is 11.3 Å². The Hall–Kier alpha value is -0.570. The quantitative estimate of drug-likeness (QED) is 0.787. The zero-order valence-corrected chi connectivity index (χ0v) is 11.2. The summed E-state index contributed by atoms with van der Waals surface area (Å²) in [5, 5.41) is 6.60. The van der Waals surface area contributed by atoms with Gasteiger partial charge in [0.2, 0.25) is 5.91 Å². The Morgan fingerprint density at radius 3 is 2.71 bits per heavy atom. The van der Waals surface area contributed by atoms with Crippen LogP contribution in [0.5, 0.6) is 0 Å². The zero-order valence-electron chi connectivity index (χ0n) is 11.2. The van der Waals surface area contributed by atoms with Crippen molar-refractivity contribution < 1.29 is 4.79 Å². The third-order valence-electron chi connectivity index (χ3n) is 4.87. The molecule has 1 aliphatic carbocycles. The van der Waals surface area contributed by atoms with Crippen LogP contribution in [0.15, 0.2) is 0 Å². The average molecular weight is 238 g/mol. The Kier molecular flexibility index (Phi) is 4.08. The summed E-state index contributed by atoms with van der Waals surface area (Å²) >= 11 is 0. The van der Waals surface area contributed by atoms with Crippen LogP contribution < -0.4 is 10.6 Å². The van der Waals surface area contributed by atoms with Gasteiger partial charge in [-0.3, -0.25) is 4.79 Å². The van der Waals surface area contributed by atoms with Crippen molar-refractivity contribution in [3.05, 3.63) is 0 Å². The second kappa shape index (κ2) is 5.38. The largest absolute Gasteiger partial charge is 0.353 e. The second-order valence-electron chi connectivity index (χ2n) is 5.87. The Morgan fingerprint density at radius 1 is 1.47 bits per heavy atom. The standard InChI is InChI=1S/C14H26N2O/c1-3-14(8-9-15-10-14)13(17)16-11(2)12-6-4-5-7-12/h11-12,15H,3-10H2,1-2H3,(H,16,17)/t11-,14?/m1/s1. The van der Waals surface area contributed by atoms with E-state index in [1.165, 1.54) is 25.7 Å². The van der Waals surface area contributed by atoms with Gasteiger partial charge in [0.25, 0.3) is 0 Å². The molecule has 3 heteroatoms. The fourth-order valence-corrected chi connectivity index (χ4v) is 3.33. The van der Waals surface area contributed by atoms with Gasteiger partial charge in [0.1, 0.15) is 0 Å². The van der Waals surface area contributed by atoms with Crippen LogP contribution in [0.4, 0.5) is 0 Å². The molecule has 0 aromatic heterocycles. The molecule has 1 aliphatic heterocycles. The lowest BCUT2D eigenvalue weighted by molar-refractivity contribution is -0.131.